The Labute approximate surface area is 101 Å². The number of carbonyl (C=O) groups is 1. The quantitative estimate of drug-likeness (QED) is 0.838. The van der Waals surface area contributed by atoms with Crippen molar-refractivity contribution in [1.29, 1.82) is 0 Å². The van der Waals surface area contributed by atoms with Gasteiger partial charge in [-0.05, 0) is 26.7 Å². The van der Waals surface area contributed by atoms with Gasteiger partial charge in [-0.1, -0.05) is 12.8 Å². The summed E-state index contributed by atoms with van der Waals surface area (Å²) in [6.07, 6.45) is 5.46. The van der Waals surface area contributed by atoms with Gasteiger partial charge in [0.05, 0.1) is 5.54 Å². The zero-order chi connectivity index (χ0) is 12.5. The first kappa shape index (κ1) is 12.1. The highest BCUT2D eigenvalue weighted by Gasteiger charge is 2.37. The molecule has 0 aliphatic heterocycles. The van der Waals surface area contributed by atoms with Gasteiger partial charge < -0.3 is 11.1 Å². The summed E-state index contributed by atoms with van der Waals surface area (Å²) in [6.45, 7) is 4.08. The summed E-state index contributed by atoms with van der Waals surface area (Å²) in [5.41, 5.74) is 5.38. The molecule has 1 aromatic rings. The van der Waals surface area contributed by atoms with Crippen molar-refractivity contribution in [2.45, 2.75) is 51.1 Å². The fraction of sp³-hybridized carbons (Fsp3) is 0.667. The van der Waals surface area contributed by atoms with E-state index in [2.05, 4.69) is 10.4 Å². The fourth-order valence-corrected chi connectivity index (χ4v) is 2.17. The molecule has 0 saturated heterocycles. The maximum Gasteiger partial charge on any atom is 0.245 e. The lowest BCUT2D eigenvalue weighted by Crippen LogP contribution is -2.48. The van der Waals surface area contributed by atoms with Crippen LogP contribution < -0.4 is 11.1 Å². The topological polar surface area (TPSA) is 72.9 Å². The molecule has 0 radical (unpaired) electrons. The highest BCUT2D eigenvalue weighted by Crippen LogP contribution is 2.28. The Hall–Kier alpha value is -1.36. The first-order chi connectivity index (χ1) is 8.01. The smallest absolute Gasteiger partial charge is 0.245 e. The second-order valence-electron chi connectivity index (χ2n) is 5.09. The average Bonchev–Trinajstić information content (AvgIpc) is 2.88. The zero-order valence-corrected chi connectivity index (χ0v) is 10.4. The third-order valence-electron chi connectivity index (χ3n) is 3.33. The number of carbonyl (C=O) groups excluding carboxylic acids is 1. The van der Waals surface area contributed by atoms with Crippen molar-refractivity contribution in [3.05, 3.63) is 12.3 Å². The molecule has 5 nitrogen and oxygen atoms in total. The van der Waals surface area contributed by atoms with E-state index in [4.69, 9.17) is 5.73 Å². The summed E-state index contributed by atoms with van der Waals surface area (Å²) in [5, 5.41) is 7.09. The number of hydrogen-bond acceptors (Lipinski definition) is 3. The molecule has 17 heavy (non-hydrogen) atoms. The summed E-state index contributed by atoms with van der Waals surface area (Å²) in [7, 11) is 0. The number of rotatable bonds is 3. The Balaban J connectivity index is 2.02. The van der Waals surface area contributed by atoms with Crippen molar-refractivity contribution in [3.63, 3.8) is 0 Å². The molecule has 1 fully saturated rings. The van der Waals surface area contributed by atoms with E-state index in [9.17, 15) is 4.79 Å². The van der Waals surface area contributed by atoms with Crippen LogP contribution in [0.1, 0.15) is 45.6 Å². The monoisotopic (exact) mass is 236 g/mol. The number of anilines is 1. The molecule has 0 aromatic carbocycles. The Bertz CT molecular complexity index is 404. The molecule has 0 unspecified atom stereocenters. The van der Waals surface area contributed by atoms with Gasteiger partial charge in [-0.15, -0.1) is 0 Å². The molecule has 0 spiro atoms. The standard InChI is InChI=1S/C12H20N4O/c1-9(2)16-8-5-10(15-16)14-11(17)12(13)6-3-4-7-12/h5,8-9H,3-4,6-7,13H2,1-2H3,(H,14,15,17). The van der Waals surface area contributed by atoms with Crippen molar-refractivity contribution < 1.29 is 4.79 Å². The molecule has 1 heterocycles. The largest absolute Gasteiger partial charge is 0.317 e. The van der Waals surface area contributed by atoms with E-state index in [1.807, 2.05) is 24.7 Å². The molecular formula is C12H20N4O. The van der Waals surface area contributed by atoms with Crippen LogP contribution in [0.3, 0.4) is 0 Å². The first-order valence-corrected chi connectivity index (χ1v) is 6.17. The van der Waals surface area contributed by atoms with Gasteiger partial charge in [-0.2, -0.15) is 5.10 Å². The van der Waals surface area contributed by atoms with Crippen molar-refractivity contribution in [1.82, 2.24) is 9.78 Å². The Morgan fingerprint density at radius 3 is 2.71 bits per heavy atom. The predicted molar refractivity (Wildman–Crippen MR) is 66.6 cm³/mol. The second-order valence-corrected chi connectivity index (χ2v) is 5.09. The number of aromatic nitrogens is 2. The van der Waals surface area contributed by atoms with Gasteiger partial charge in [0.15, 0.2) is 5.82 Å². The molecule has 0 atom stereocenters. The van der Waals surface area contributed by atoms with E-state index < -0.39 is 5.54 Å². The fourth-order valence-electron chi connectivity index (χ4n) is 2.17. The lowest BCUT2D eigenvalue weighted by molar-refractivity contribution is -0.121. The third kappa shape index (κ3) is 2.49. The highest BCUT2D eigenvalue weighted by atomic mass is 16.2. The van der Waals surface area contributed by atoms with E-state index in [0.29, 0.717) is 11.9 Å². The van der Waals surface area contributed by atoms with Gasteiger partial charge in [0.1, 0.15) is 0 Å². The highest BCUT2D eigenvalue weighted by molar-refractivity contribution is 5.97. The van der Waals surface area contributed by atoms with Crippen molar-refractivity contribution in [3.8, 4) is 0 Å². The second kappa shape index (κ2) is 4.49. The van der Waals surface area contributed by atoms with Crippen LogP contribution in [0.2, 0.25) is 0 Å². The molecule has 1 aromatic heterocycles. The normalized spacial score (nSPS) is 18.6. The SMILES string of the molecule is CC(C)n1ccc(NC(=O)C2(N)CCCC2)n1. The van der Waals surface area contributed by atoms with Gasteiger partial charge in [0.25, 0.3) is 0 Å². The number of hydrogen-bond donors (Lipinski definition) is 2. The van der Waals surface area contributed by atoms with Crippen molar-refractivity contribution in [2.75, 3.05) is 5.32 Å². The van der Waals surface area contributed by atoms with Crippen LogP contribution in [0.4, 0.5) is 5.82 Å². The Morgan fingerprint density at radius 1 is 1.53 bits per heavy atom. The Kier molecular flexibility index (Phi) is 3.19. The molecule has 94 valence electrons. The lowest BCUT2D eigenvalue weighted by Gasteiger charge is -2.21. The Morgan fingerprint density at radius 2 is 2.18 bits per heavy atom. The van der Waals surface area contributed by atoms with E-state index >= 15 is 0 Å². The van der Waals surface area contributed by atoms with E-state index in [1.165, 1.54) is 0 Å². The molecule has 1 aliphatic rings. The van der Waals surface area contributed by atoms with Gasteiger partial charge in [-0.3, -0.25) is 9.48 Å². The summed E-state index contributed by atoms with van der Waals surface area (Å²) in [6, 6.07) is 2.09. The molecule has 0 bridgehead atoms. The molecule has 1 saturated carbocycles. The molecule has 1 aliphatic carbocycles. The number of amides is 1. The minimum Gasteiger partial charge on any atom is -0.317 e. The number of nitrogens with zero attached hydrogens (tertiary/aromatic N) is 2. The van der Waals surface area contributed by atoms with Gasteiger partial charge in [-0.25, -0.2) is 0 Å². The molecule has 5 heteroatoms. The lowest BCUT2D eigenvalue weighted by atomic mass is 9.98. The van der Waals surface area contributed by atoms with Gasteiger partial charge >= 0.3 is 0 Å². The molecule has 3 N–H and O–H groups in total. The van der Waals surface area contributed by atoms with Crippen LogP contribution in [-0.4, -0.2) is 21.2 Å². The van der Waals surface area contributed by atoms with Crippen LogP contribution >= 0.6 is 0 Å². The maximum absolute atomic E-state index is 12.0. The molecular weight excluding hydrogens is 216 g/mol. The number of nitrogens with one attached hydrogen (secondary N) is 1. The molecule has 2 rings (SSSR count). The zero-order valence-electron chi connectivity index (χ0n) is 10.4. The van der Waals surface area contributed by atoms with Crippen LogP contribution in [0, 0.1) is 0 Å². The maximum atomic E-state index is 12.0. The molecule has 1 amide bonds. The predicted octanol–water partition coefficient (Wildman–Crippen LogP) is 1.67. The minimum atomic E-state index is -0.693. The first-order valence-electron chi connectivity index (χ1n) is 6.17. The van der Waals surface area contributed by atoms with Crippen LogP contribution in [0.5, 0.6) is 0 Å². The van der Waals surface area contributed by atoms with Crippen molar-refractivity contribution >= 4 is 11.7 Å². The van der Waals surface area contributed by atoms with Crippen LogP contribution in [0.25, 0.3) is 0 Å². The summed E-state index contributed by atoms with van der Waals surface area (Å²) in [5.74, 6) is 0.476. The third-order valence-corrected chi connectivity index (χ3v) is 3.33. The summed E-state index contributed by atoms with van der Waals surface area (Å²) in [4.78, 5) is 12.0. The van der Waals surface area contributed by atoms with Crippen LogP contribution in [-0.2, 0) is 4.79 Å². The van der Waals surface area contributed by atoms with E-state index in [-0.39, 0.29) is 5.91 Å². The van der Waals surface area contributed by atoms with Gasteiger partial charge in [0, 0.05) is 18.3 Å². The minimum absolute atomic E-state index is 0.107. The van der Waals surface area contributed by atoms with Gasteiger partial charge in [0.2, 0.25) is 5.91 Å². The summed E-state index contributed by atoms with van der Waals surface area (Å²) >= 11 is 0. The van der Waals surface area contributed by atoms with E-state index in [0.717, 1.165) is 25.7 Å². The van der Waals surface area contributed by atoms with Crippen molar-refractivity contribution in [2.24, 2.45) is 5.73 Å². The summed E-state index contributed by atoms with van der Waals surface area (Å²) < 4.78 is 1.81. The van der Waals surface area contributed by atoms with Crippen LogP contribution in [0.15, 0.2) is 12.3 Å². The number of nitrogens with two attached hydrogens (primary N) is 1. The average molecular weight is 236 g/mol. The van der Waals surface area contributed by atoms with E-state index in [1.54, 1.807) is 6.07 Å².